The Balaban J connectivity index is 1.91. The molecule has 4 heteroatoms. The average Bonchev–Trinajstić information content (AvgIpc) is 2.90. The maximum atomic E-state index is 11.7. The lowest BCUT2D eigenvalue weighted by Crippen LogP contribution is -3.06. The zero-order chi connectivity index (χ0) is 14.8. The van der Waals surface area contributed by atoms with Crippen LogP contribution in [0.2, 0.25) is 0 Å². The van der Waals surface area contributed by atoms with Gasteiger partial charge in [-0.3, -0.25) is 0 Å². The number of hydrogen-bond donors (Lipinski definition) is 1. The number of nitrogens with one attached hydrogen (secondary N) is 1. The molecule has 0 spiro atoms. The number of rotatable bonds is 4. The fraction of sp³-hybridized carbons (Fsp3) is 0.235. The van der Waals surface area contributed by atoms with Crippen molar-refractivity contribution in [2.24, 2.45) is 0 Å². The highest BCUT2D eigenvalue weighted by Crippen LogP contribution is 2.17. The molecule has 2 heterocycles. The summed E-state index contributed by atoms with van der Waals surface area (Å²) in [6.45, 7) is 3.51. The van der Waals surface area contributed by atoms with Gasteiger partial charge in [-0.05, 0) is 30.7 Å². The van der Waals surface area contributed by atoms with Gasteiger partial charge in [-0.15, -0.1) is 0 Å². The predicted molar refractivity (Wildman–Crippen MR) is 80.2 cm³/mol. The van der Waals surface area contributed by atoms with Gasteiger partial charge in [0, 0.05) is 17.0 Å². The first-order valence-electron chi connectivity index (χ1n) is 6.99. The lowest BCUT2D eigenvalue weighted by molar-refractivity contribution is -0.908. The Hall–Kier alpha value is -2.33. The quantitative estimate of drug-likeness (QED) is 0.745. The molecule has 1 N–H and O–H groups in total. The van der Waals surface area contributed by atoms with Crippen molar-refractivity contribution in [3.8, 4) is 0 Å². The van der Waals surface area contributed by atoms with Gasteiger partial charge in [0.05, 0.1) is 13.3 Å². The van der Waals surface area contributed by atoms with Gasteiger partial charge < -0.3 is 13.7 Å². The fourth-order valence-electron chi connectivity index (χ4n) is 2.58. The Kier molecular flexibility index (Phi) is 3.62. The van der Waals surface area contributed by atoms with Gasteiger partial charge in [0.25, 0.3) is 0 Å². The molecule has 0 aliphatic heterocycles. The van der Waals surface area contributed by atoms with Crippen LogP contribution in [-0.4, -0.2) is 7.05 Å². The largest absolute Gasteiger partial charge is 0.463 e. The molecule has 1 aromatic carbocycles. The van der Waals surface area contributed by atoms with Crippen LogP contribution >= 0.6 is 0 Å². The van der Waals surface area contributed by atoms with Crippen LogP contribution in [0.5, 0.6) is 0 Å². The number of benzene rings is 1. The van der Waals surface area contributed by atoms with E-state index in [4.69, 9.17) is 8.83 Å². The first kappa shape index (κ1) is 13.6. The van der Waals surface area contributed by atoms with Crippen molar-refractivity contribution in [3.63, 3.8) is 0 Å². The van der Waals surface area contributed by atoms with Gasteiger partial charge in [-0.2, -0.15) is 0 Å². The van der Waals surface area contributed by atoms with E-state index in [9.17, 15) is 4.79 Å². The number of hydrogen-bond acceptors (Lipinski definition) is 3. The van der Waals surface area contributed by atoms with E-state index in [2.05, 4.69) is 7.05 Å². The van der Waals surface area contributed by atoms with Crippen molar-refractivity contribution >= 4 is 11.0 Å². The number of quaternary nitrogens is 1. The van der Waals surface area contributed by atoms with Crippen molar-refractivity contribution in [2.45, 2.75) is 20.0 Å². The minimum absolute atomic E-state index is 0.297. The van der Waals surface area contributed by atoms with Crippen molar-refractivity contribution < 1.29 is 13.7 Å². The van der Waals surface area contributed by atoms with Crippen LogP contribution in [0.4, 0.5) is 0 Å². The molecule has 0 saturated heterocycles. The molecule has 1 atom stereocenters. The molecule has 3 aromatic rings. The molecule has 0 aliphatic rings. The third-order valence-electron chi connectivity index (χ3n) is 3.53. The lowest BCUT2D eigenvalue weighted by Gasteiger charge is -2.13. The van der Waals surface area contributed by atoms with Gasteiger partial charge in [0.1, 0.15) is 18.7 Å². The van der Waals surface area contributed by atoms with Gasteiger partial charge in [0.15, 0.2) is 5.76 Å². The van der Waals surface area contributed by atoms with Crippen LogP contribution in [0.3, 0.4) is 0 Å². The molecule has 3 rings (SSSR count). The zero-order valence-electron chi connectivity index (χ0n) is 12.2. The summed E-state index contributed by atoms with van der Waals surface area (Å²) in [6.07, 6.45) is 1.68. The Morgan fingerprint density at radius 1 is 1.14 bits per heavy atom. The lowest BCUT2D eigenvalue weighted by atomic mass is 10.1. The molecule has 0 fully saturated rings. The monoisotopic (exact) mass is 284 g/mol. The smallest absolute Gasteiger partial charge is 0.336 e. The van der Waals surface area contributed by atoms with E-state index in [0.29, 0.717) is 5.58 Å². The van der Waals surface area contributed by atoms with Gasteiger partial charge >= 0.3 is 5.63 Å². The van der Waals surface area contributed by atoms with Crippen LogP contribution in [0.1, 0.15) is 16.9 Å². The van der Waals surface area contributed by atoms with Crippen LogP contribution < -0.4 is 10.5 Å². The van der Waals surface area contributed by atoms with Crippen LogP contribution in [0, 0.1) is 6.92 Å². The molecular weight excluding hydrogens is 266 g/mol. The second-order valence-corrected chi connectivity index (χ2v) is 5.48. The number of fused-ring (bicyclic) bond motifs is 1. The van der Waals surface area contributed by atoms with Crippen LogP contribution in [-0.2, 0) is 13.1 Å². The van der Waals surface area contributed by atoms with Crippen LogP contribution in [0.15, 0.2) is 56.3 Å². The summed E-state index contributed by atoms with van der Waals surface area (Å²) >= 11 is 0. The third kappa shape index (κ3) is 3.06. The fourth-order valence-corrected chi connectivity index (χ4v) is 2.58. The van der Waals surface area contributed by atoms with Gasteiger partial charge in [0.2, 0.25) is 0 Å². The summed E-state index contributed by atoms with van der Waals surface area (Å²) in [5.41, 5.74) is 2.45. The highest BCUT2D eigenvalue weighted by atomic mass is 16.4. The van der Waals surface area contributed by atoms with E-state index in [-0.39, 0.29) is 5.63 Å². The molecule has 0 bridgehead atoms. The van der Waals surface area contributed by atoms with Gasteiger partial charge in [-0.25, -0.2) is 4.79 Å². The maximum absolute atomic E-state index is 11.7. The molecule has 1 unspecified atom stereocenters. The Labute approximate surface area is 122 Å². The van der Waals surface area contributed by atoms with Crippen LogP contribution in [0.25, 0.3) is 11.0 Å². The molecule has 0 saturated carbocycles. The third-order valence-corrected chi connectivity index (χ3v) is 3.53. The van der Waals surface area contributed by atoms with E-state index in [1.807, 2.05) is 37.3 Å². The summed E-state index contributed by atoms with van der Waals surface area (Å²) in [4.78, 5) is 13.0. The first-order chi connectivity index (χ1) is 10.1. The molecule has 4 nitrogen and oxygen atoms in total. The molecule has 0 aliphatic carbocycles. The molecule has 0 amide bonds. The van der Waals surface area contributed by atoms with E-state index in [1.54, 1.807) is 12.3 Å². The molecular formula is C17H18NO3+. The summed E-state index contributed by atoms with van der Waals surface area (Å²) in [5.74, 6) is 0.940. The van der Waals surface area contributed by atoms with E-state index >= 15 is 0 Å². The van der Waals surface area contributed by atoms with E-state index in [0.717, 1.165) is 35.4 Å². The van der Waals surface area contributed by atoms with E-state index in [1.165, 1.54) is 4.90 Å². The Morgan fingerprint density at radius 2 is 2.00 bits per heavy atom. The summed E-state index contributed by atoms with van der Waals surface area (Å²) < 4.78 is 10.7. The second kappa shape index (κ2) is 5.58. The summed E-state index contributed by atoms with van der Waals surface area (Å²) in [7, 11) is 2.08. The zero-order valence-corrected chi connectivity index (χ0v) is 12.2. The number of furan rings is 1. The molecule has 0 radical (unpaired) electrons. The van der Waals surface area contributed by atoms with Crippen molar-refractivity contribution in [2.75, 3.05) is 7.05 Å². The standard InChI is InChI=1S/C17H17NO3/c1-12-5-6-15-13(9-17(19)21-16(15)8-12)10-18(2)11-14-4-3-7-20-14/h3-9H,10-11H2,1-2H3/p+1. The van der Waals surface area contributed by atoms with Crippen molar-refractivity contribution in [3.05, 3.63) is 70.0 Å². The minimum Gasteiger partial charge on any atom is -0.463 e. The van der Waals surface area contributed by atoms with E-state index < -0.39 is 0 Å². The molecule has 108 valence electrons. The highest BCUT2D eigenvalue weighted by molar-refractivity contribution is 5.80. The number of aryl methyl sites for hydroxylation is 1. The topological polar surface area (TPSA) is 47.8 Å². The second-order valence-electron chi connectivity index (χ2n) is 5.48. The van der Waals surface area contributed by atoms with Gasteiger partial charge in [-0.1, -0.05) is 12.1 Å². The first-order valence-corrected chi connectivity index (χ1v) is 6.99. The highest BCUT2D eigenvalue weighted by Gasteiger charge is 2.12. The summed E-state index contributed by atoms with van der Waals surface area (Å²) in [6, 6.07) is 11.4. The predicted octanol–water partition coefficient (Wildman–Crippen LogP) is 1.91. The SMILES string of the molecule is Cc1ccc2c(C[NH+](C)Cc3ccco3)cc(=O)oc2c1. The molecule has 21 heavy (non-hydrogen) atoms. The molecule has 2 aromatic heterocycles. The average molecular weight is 284 g/mol. The maximum Gasteiger partial charge on any atom is 0.336 e. The summed E-state index contributed by atoms with van der Waals surface area (Å²) in [5, 5.41) is 0.999. The van der Waals surface area contributed by atoms with Crippen molar-refractivity contribution in [1.82, 2.24) is 0 Å². The normalized spacial score (nSPS) is 12.7. The Bertz CT molecular complexity index is 803. The minimum atomic E-state index is -0.297. The van der Waals surface area contributed by atoms with Crippen molar-refractivity contribution in [1.29, 1.82) is 0 Å². The Morgan fingerprint density at radius 3 is 2.76 bits per heavy atom.